The minimum atomic E-state index is -1.17. The fourth-order valence-corrected chi connectivity index (χ4v) is 2.49. The highest BCUT2D eigenvalue weighted by atomic mass is 19.1. The Morgan fingerprint density at radius 1 is 1.04 bits per heavy atom. The maximum Gasteiger partial charge on any atom is 0.332 e. The Kier molecular flexibility index (Phi) is 6.01. The molecule has 0 aliphatic carbocycles. The van der Waals surface area contributed by atoms with Crippen molar-refractivity contribution < 1.29 is 23.1 Å². The van der Waals surface area contributed by atoms with Crippen LogP contribution in [0.4, 0.5) is 10.1 Å². The standard InChI is InChI=1S/C22H18FNO4/c1-15-7-12-19(27-15)13-14-20(25)28-21(16-5-3-2-4-6-16)22(26)24-18-10-8-17(23)9-11-18/h2-14,21H,1H3,(H,24,26). The van der Waals surface area contributed by atoms with E-state index in [2.05, 4.69) is 5.32 Å². The fraction of sp³-hybridized carbons (Fsp3) is 0.0909. The molecule has 0 spiro atoms. The van der Waals surface area contributed by atoms with Crippen LogP contribution in [0.15, 0.2) is 77.2 Å². The first-order valence-corrected chi connectivity index (χ1v) is 8.58. The third-order valence-corrected chi connectivity index (χ3v) is 3.83. The molecule has 0 saturated carbocycles. The van der Waals surface area contributed by atoms with Crippen LogP contribution in [0.1, 0.15) is 23.2 Å². The molecular weight excluding hydrogens is 361 g/mol. The van der Waals surface area contributed by atoms with E-state index in [1.807, 2.05) is 0 Å². The van der Waals surface area contributed by atoms with E-state index in [9.17, 15) is 14.0 Å². The molecule has 0 fully saturated rings. The van der Waals surface area contributed by atoms with Gasteiger partial charge in [-0.1, -0.05) is 30.3 Å². The van der Waals surface area contributed by atoms with E-state index in [-0.39, 0.29) is 0 Å². The minimum absolute atomic E-state index is 0.394. The summed E-state index contributed by atoms with van der Waals surface area (Å²) in [6, 6.07) is 17.4. The topological polar surface area (TPSA) is 68.5 Å². The Hall–Kier alpha value is -3.67. The largest absolute Gasteiger partial charge is 0.462 e. The zero-order chi connectivity index (χ0) is 19.9. The lowest BCUT2D eigenvalue weighted by molar-refractivity contribution is -0.149. The summed E-state index contributed by atoms with van der Waals surface area (Å²) in [6.07, 6.45) is 1.50. The summed E-state index contributed by atoms with van der Waals surface area (Å²) in [6.45, 7) is 1.79. The van der Waals surface area contributed by atoms with Crippen molar-refractivity contribution >= 4 is 23.6 Å². The summed E-state index contributed by atoms with van der Waals surface area (Å²) < 4.78 is 23.8. The molecule has 1 amide bonds. The van der Waals surface area contributed by atoms with Gasteiger partial charge in [-0.15, -0.1) is 0 Å². The lowest BCUT2D eigenvalue weighted by atomic mass is 10.1. The average Bonchev–Trinajstić information content (AvgIpc) is 3.12. The molecule has 5 nitrogen and oxygen atoms in total. The molecule has 1 aromatic heterocycles. The molecule has 2 aromatic carbocycles. The normalized spacial score (nSPS) is 11.9. The van der Waals surface area contributed by atoms with Crippen LogP contribution in [0.2, 0.25) is 0 Å². The number of nitrogens with one attached hydrogen (secondary N) is 1. The highest BCUT2D eigenvalue weighted by molar-refractivity contribution is 5.97. The van der Waals surface area contributed by atoms with Gasteiger partial charge < -0.3 is 14.5 Å². The fourth-order valence-electron chi connectivity index (χ4n) is 2.49. The van der Waals surface area contributed by atoms with Gasteiger partial charge in [0.05, 0.1) is 0 Å². The monoisotopic (exact) mass is 379 g/mol. The number of hydrogen-bond donors (Lipinski definition) is 1. The highest BCUT2D eigenvalue weighted by Gasteiger charge is 2.24. The molecule has 142 valence electrons. The van der Waals surface area contributed by atoms with E-state index in [4.69, 9.17) is 9.15 Å². The molecule has 1 unspecified atom stereocenters. The Morgan fingerprint density at radius 2 is 1.75 bits per heavy atom. The number of hydrogen-bond acceptors (Lipinski definition) is 4. The Morgan fingerprint density at radius 3 is 2.39 bits per heavy atom. The van der Waals surface area contributed by atoms with Gasteiger partial charge in [0.2, 0.25) is 6.10 Å². The van der Waals surface area contributed by atoms with Crippen LogP contribution in [-0.2, 0) is 14.3 Å². The molecule has 0 saturated heterocycles. The van der Waals surface area contributed by atoms with Gasteiger partial charge >= 0.3 is 5.97 Å². The van der Waals surface area contributed by atoms with Crippen LogP contribution in [0, 0.1) is 12.7 Å². The number of amides is 1. The van der Waals surface area contributed by atoms with E-state index < -0.39 is 23.8 Å². The molecule has 1 heterocycles. The second-order valence-electron chi connectivity index (χ2n) is 6.01. The number of halogens is 1. The van der Waals surface area contributed by atoms with Crippen molar-refractivity contribution in [3.63, 3.8) is 0 Å². The SMILES string of the molecule is Cc1ccc(C=CC(=O)OC(C(=O)Nc2ccc(F)cc2)c2ccccc2)o1. The highest BCUT2D eigenvalue weighted by Crippen LogP contribution is 2.21. The second kappa shape index (κ2) is 8.81. The first-order chi connectivity index (χ1) is 13.5. The van der Waals surface area contributed by atoms with Crippen LogP contribution in [0.25, 0.3) is 6.08 Å². The lowest BCUT2D eigenvalue weighted by Gasteiger charge is -2.17. The molecule has 1 atom stereocenters. The number of ether oxygens (including phenoxy) is 1. The Bertz CT molecular complexity index is 977. The molecule has 1 N–H and O–H groups in total. The van der Waals surface area contributed by atoms with Gasteiger partial charge in [-0.05, 0) is 49.4 Å². The first-order valence-electron chi connectivity index (χ1n) is 8.58. The molecule has 28 heavy (non-hydrogen) atoms. The average molecular weight is 379 g/mol. The van der Waals surface area contributed by atoms with E-state index in [1.165, 1.54) is 36.4 Å². The van der Waals surface area contributed by atoms with Crippen molar-refractivity contribution in [2.45, 2.75) is 13.0 Å². The Balaban J connectivity index is 1.75. The Labute approximate surface area is 161 Å². The molecule has 0 aliphatic rings. The van der Waals surface area contributed by atoms with Crippen molar-refractivity contribution in [1.82, 2.24) is 0 Å². The van der Waals surface area contributed by atoms with Gasteiger partial charge in [-0.3, -0.25) is 4.79 Å². The zero-order valence-corrected chi connectivity index (χ0v) is 15.1. The number of rotatable bonds is 6. The molecule has 0 radical (unpaired) electrons. The van der Waals surface area contributed by atoms with Crippen LogP contribution >= 0.6 is 0 Å². The van der Waals surface area contributed by atoms with Crippen LogP contribution < -0.4 is 5.32 Å². The van der Waals surface area contributed by atoms with Crippen LogP contribution in [-0.4, -0.2) is 11.9 Å². The summed E-state index contributed by atoms with van der Waals surface area (Å²) in [7, 11) is 0. The van der Waals surface area contributed by atoms with Crippen molar-refractivity contribution in [1.29, 1.82) is 0 Å². The van der Waals surface area contributed by atoms with Crippen molar-refractivity contribution in [3.8, 4) is 0 Å². The summed E-state index contributed by atoms with van der Waals surface area (Å²) in [5.74, 6) is -0.441. The van der Waals surface area contributed by atoms with E-state index >= 15 is 0 Å². The third-order valence-electron chi connectivity index (χ3n) is 3.83. The van der Waals surface area contributed by atoms with Gasteiger partial charge in [0.1, 0.15) is 17.3 Å². The molecule has 0 bridgehead atoms. The summed E-state index contributed by atoms with van der Waals surface area (Å²) in [5, 5.41) is 2.62. The van der Waals surface area contributed by atoms with Crippen molar-refractivity contribution in [2.24, 2.45) is 0 Å². The quantitative estimate of drug-likeness (QED) is 0.499. The second-order valence-corrected chi connectivity index (χ2v) is 6.01. The van der Waals surface area contributed by atoms with Crippen LogP contribution in [0.5, 0.6) is 0 Å². The summed E-state index contributed by atoms with van der Waals surface area (Å²) >= 11 is 0. The van der Waals surface area contributed by atoms with E-state index in [0.29, 0.717) is 22.8 Å². The molecule has 0 aliphatic heterocycles. The summed E-state index contributed by atoms with van der Waals surface area (Å²) in [4.78, 5) is 24.9. The number of furan rings is 1. The van der Waals surface area contributed by atoms with Crippen molar-refractivity contribution in [3.05, 3.63) is 95.7 Å². The maximum absolute atomic E-state index is 13.0. The number of esters is 1. The van der Waals surface area contributed by atoms with Gasteiger partial charge in [-0.2, -0.15) is 0 Å². The predicted molar refractivity (Wildman–Crippen MR) is 103 cm³/mol. The first kappa shape index (κ1) is 19.1. The van der Waals surface area contributed by atoms with Gasteiger partial charge in [0.25, 0.3) is 5.91 Å². The van der Waals surface area contributed by atoms with Crippen LogP contribution in [0.3, 0.4) is 0 Å². The van der Waals surface area contributed by atoms with Gasteiger partial charge in [-0.25, -0.2) is 9.18 Å². The third kappa shape index (κ3) is 5.17. The van der Waals surface area contributed by atoms with Crippen molar-refractivity contribution in [2.75, 3.05) is 5.32 Å². The molecule has 6 heteroatoms. The van der Waals surface area contributed by atoms with E-state index in [1.54, 1.807) is 49.4 Å². The van der Waals surface area contributed by atoms with Gasteiger partial charge in [0, 0.05) is 17.3 Å². The summed E-state index contributed by atoms with van der Waals surface area (Å²) in [5.41, 5.74) is 0.905. The maximum atomic E-state index is 13.0. The number of anilines is 1. The smallest absolute Gasteiger partial charge is 0.332 e. The minimum Gasteiger partial charge on any atom is -0.462 e. The number of carbonyl (C=O) groups is 2. The van der Waals surface area contributed by atoms with Gasteiger partial charge in [0.15, 0.2) is 0 Å². The predicted octanol–water partition coefficient (Wildman–Crippen LogP) is 4.66. The van der Waals surface area contributed by atoms with E-state index in [0.717, 1.165) is 0 Å². The zero-order valence-electron chi connectivity index (χ0n) is 15.1. The molecule has 3 rings (SSSR count). The molecular formula is C22H18FNO4. The number of carbonyl (C=O) groups excluding carboxylic acids is 2. The lowest BCUT2D eigenvalue weighted by Crippen LogP contribution is -2.25. The number of aryl methyl sites for hydroxylation is 1. The molecule has 3 aromatic rings. The number of benzene rings is 2.